The maximum absolute atomic E-state index is 12.5. The molecule has 0 bridgehead atoms. The highest BCUT2D eigenvalue weighted by atomic mass is 32.2. The Hall–Kier alpha value is -3.06. The van der Waals surface area contributed by atoms with Crippen molar-refractivity contribution >= 4 is 16.4 Å². The number of aryl methyl sites for hydroxylation is 1. The van der Waals surface area contributed by atoms with Gasteiger partial charge in [0.05, 0.1) is 17.2 Å². The summed E-state index contributed by atoms with van der Waals surface area (Å²) in [5.74, 6) is -0.795. The molecule has 0 saturated carbocycles. The molecule has 2 rings (SSSR count). The van der Waals surface area contributed by atoms with Crippen molar-refractivity contribution in [1.29, 1.82) is 5.26 Å². The van der Waals surface area contributed by atoms with Gasteiger partial charge in [-0.15, -0.1) is 0 Å². The van der Waals surface area contributed by atoms with Crippen LogP contribution in [-0.4, -0.2) is 20.2 Å². The molecule has 0 radical (unpaired) electrons. The number of ether oxygens (including phenoxy) is 1. The minimum atomic E-state index is -5.86. The largest absolute Gasteiger partial charge is 0.534 e. The van der Waals surface area contributed by atoms with E-state index in [9.17, 15) is 26.4 Å². The molecule has 142 valence electrons. The van der Waals surface area contributed by atoms with Crippen LogP contribution in [0.2, 0.25) is 0 Å². The Morgan fingerprint density at radius 1 is 1.22 bits per heavy atom. The topological polar surface area (TPSA) is 93.5 Å². The maximum atomic E-state index is 12.5. The third-order valence-electron chi connectivity index (χ3n) is 3.38. The van der Waals surface area contributed by atoms with Crippen LogP contribution in [0.25, 0.3) is 0 Å². The fraction of sp³-hybridized carbons (Fsp3) is 0.176. The molecule has 0 aliphatic carbocycles. The summed E-state index contributed by atoms with van der Waals surface area (Å²) >= 11 is 0. The van der Waals surface area contributed by atoms with Crippen molar-refractivity contribution in [2.24, 2.45) is 0 Å². The summed E-state index contributed by atoms with van der Waals surface area (Å²) in [5, 5.41) is 8.87. The zero-order valence-corrected chi connectivity index (χ0v) is 14.6. The summed E-state index contributed by atoms with van der Waals surface area (Å²) in [6.45, 7) is 1.28. The molecule has 0 unspecified atom stereocenters. The number of carbonyl (C=O) groups excluding carboxylic acids is 1. The molecule has 0 fully saturated rings. The van der Waals surface area contributed by atoms with E-state index in [1.165, 1.54) is 13.0 Å². The molecule has 0 aromatic heterocycles. The lowest BCUT2D eigenvalue weighted by atomic mass is 10.1. The van der Waals surface area contributed by atoms with Crippen LogP contribution in [0.15, 0.2) is 36.4 Å². The van der Waals surface area contributed by atoms with Crippen molar-refractivity contribution < 1.29 is 35.3 Å². The number of benzene rings is 2. The van der Waals surface area contributed by atoms with Crippen LogP contribution in [0.3, 0.4) is 0 Å². The summed E-state index contributed by atoms with van der Waals surface area (Å²) in [6.07, 6.45) is 0.429. The molecule has 0 aliphatic heterocycles. The van der Waals surface area contributed by atoms with Gasteiger partial charge in [0.1, 0.15) is 18.1 Å². The number of alkyl halides is 3. The number of aldehydes is 1. The van der Waals surface area contributed by atoms with Gasteiger partial charge in [-0.2, -0.15) is 26.9 Å². The van der Waals surface area contributed by atoms with Crippen molar-refractivity contribution in [3.05, 3.63) is 58.7 Å². The Balaban J connectivity index is 2.33. The lowest BCUT2D eigenvalue weighted by Gasteiger charge is -2.14. The molecular formula is C17H12F3NO5S. The van der Waals surface area contributed by atoms with Gasteiger partial charge in [-0.1, -0.05) is 12.1 Å². The fourth-order valence-corrected chi connectivity index (χ4v) is 2.56. The van der Waals surface area contributed by atoms with Gasteiger partial charge >= 0.3 is 15.6 Å². The van der Waals surface area contributed by atoms with E-state index in [0.717, 1.165) is 12.1 Å². The van der Waals surface area contributed by atoms with Gasteiger partial charge in [0.2, 0.25) is 0 Å². The van der Waals surface area contributed by atoms with Crippen LogP contribution in [0.1, 0.15) is 27.0 Å². The normalized spacial score (nSPS) is 11.5. The molecule has 2 aromatic carbocycles. The van der Waals surface area contributed by atoms with E-state index >= 15 is 0 Å². The van der Waals surface area contributed by atoms with Crippen molar-refractivity contribution in [3.63, 3.8) is 0 Å². The Morgan fingerprint density at radius 3 is 2.52 bits per heavy atom. The number of hydrogen-bond donors (Lipinski definition) is 0. The van der Waals surface area contributed by atoms with Crippen LogP contribution in [0, 0.1) is 18.3 Å². The second-order valence-electron chi connectivity index (χ2n) is 5.35. The van der Waals surface area contributed by atoms with Gasteiger partial charge in [0.25, 0.3) is 0 Å². The first-order chi connectivity index (χ1) is 12.6. The van der Waals surface area contributed by atoms with Gasteiger partial charge in [-0.05, 0) is 36.2 Å². The standard InChI is InChI=1S/C17H12F3NO5S/c1-11-5-14(26-27(23,24)17(18,19)20)7-16(15(11)9-22)25-10-13-4-2-3-12(6-13)8-21/h2-7,9H,10H2,1H3. The minimum Gasteiger partial charge on any atom is -0.488 e. The molecule has 0 aliphatic rings. The molecule has 0 spiro atoms. The van der Waals surface area contributed by atoms with Crippen LogP contribution in [0.4, 0.5) is 13.2 Å². The Kier molecular flexibility index (Phi) is 5.75. The van der Waals surface area contributed by atoms with Crippen LogP contribution in [-0.2, 0) is 16.7 Å². The molecule has 0 amide bonds. The van der Waals surface area contributed by atoms with Crippen molar-refractivity contribution in [2.75, 3.05) is 0 Å². The molecule has 27 heavy (non-hydrogen) atoms. The second-order valence-corrected chi connectivity index (χ2v) is 6.89. The molecule has 2 aromatic rings. The molecule has 0 atom stereocenters. The fourth-order valence-electron chi connectivity index (χ4n) is 2.12. The molecular weight excluding hydrogens is 387 g/mol. The van der Waals surface area contributed by atoms with Gasteiger partial charge in [-0.3, -0.25) is 4.79 Å². The predicted octanol–water partition coefficient (Wildman–Crippen LogP) is 3.49. The number of nitrogens with zero attached hydrogens (tertiary/aromatic N) is 1. The summed E-state index contributed by atoms with van der Waals surface area (Å²) in [4.78, 5) is 11.3. The summed E-state index contributed by atoms with van der Waals surface area (Å²) < 4.78 is 69.3. The van der Waals surface area contributed by atoms with Crippen LogP contribution >= 0.6 is 0 Å². The maximum Gasteiger partial charge on any atom is 0.534 e. The summed E-state index contributed by atoms with van der Waals surface area (Å²) in [5.41, 5.74) is -4.46. The number of rotatable bonds is 6. The lowest BCUT2D eigenvalue weighted by Crippen LogP contribution is -2.28. The molecule has 0 N–H and O–H groups in total. The molecule has 0 heterocycles. The average Bonchev–Trinajstić information content (AvgIpc) is 2.58. The number of carbonyl (C=O) groups is 1. The first-order valence-electron chi connectivity index (χ1n) is 7.30. The van der Waals surface area contributed by atoms with Gasteiger partial charge in [-0.25, -0.2) is 0 Å². The summed E-state index contributed by atoms with van der Waals surface area (Å²) in [6, 6.07) is 10.2. The summed E-state index contributed by atoms with van der Waals surface area (Å²) in [7, 11) is -5.86. The van der Waals surface area contributed by atoms with E-state index < -0.39 is 21.4 Å². The highest BCUT2D eigenvalue weighted by Gasteiger charge is 2.48. The smallest absolute Gasteiger partial charge is 0.488 e. The van der Waals surface area contributed by atoms with E-state index in [4.69, 9.17) is 10.00 Å². The van der Waals surface area contributed by atoms with Crippen molar-refractivity contribution in [3.8, 4) is 17.6 Å². The monoisotopic (exact) mass is 399 g/mol. The van der Waals surface area contributed by atoms with Gasteiger partial charge in [0.15, 0.2) is 6.29 Å². The molecule has 6 nitrogen and oxygen atoms in total. The van der Waals surface area contributed by atoms with E-state index in [-0.39, 0.29) is 23.5 Å². The van der Waals surface area contributed by atoms with Crippen molar-refractivity contribution in [2.45, 2.75) is 19.0 Å². The molecule has 0 saturated heterocycles. The van der Waals surface area contributed by atoms with Crippen molar-refractivity contribution in [1.82, 2.24) is 0 Å². The first kappa shape index (κ1) is 20.3. The zero-order chi connectivity index (χ0) is 20.2. The van der Waals surface area contributed by atoms with Gasteiger partial charge in [0, 0.05) is 6.07 Å². The minimum absolute atomic E-state index is 0.0307. The third-order valence-corrected chi connectivity index (χ3v) is 4.36. The first-order valence-corrected chi connectivity index (χ1v) is 8.70. The second kappa shape index (κ2) is 7.67. The average molecular weight is 399 g/mol. The van der Waals surface area contributed by atoms with E-state index in [0.29, 0.717) is 17.4 Å². The number of hydrogen-bond acceptors (Lipinski definition) is 6. The highest BCUT2D eigenvalue weighted by molar-refractivity contribution is 7.88. The van der Waals surface area contributed by atoms with E-state index in [1.54, 1.807) is 18.2 Å². The number of halogens is 3. The number of nitriles is 1. The van der Waals surface area contributed by atoms with E-state index in [2.05, 4.69) is 4.18 Å². The third kappa shape index (κ3) is 4.77. The Morgan fingerprint density at radius 2 is 1.93 bits per heavy atom. The van der Waals surface area contributed by atoms with Gasteiger partial charge < -0.3 is 8.92 Å². The Labute approximate surface area is 152 Å². The van der Waals surface area contributed by atoms with Crippen LogP contribution in [0.5, 0.6) is 11.5 Å². The predicted molar refractivity (Wildman–Crippen MR) is 87.7 cm³/mol. The van der Waals surface area contributed by atoms with E-state index in [1.807, 2.05) is 6.07 Å². The SMILES string of the molecule is Cc1cc(OS(=O)(=O)C(F)(F)F)cc(OCc2cccc(C#N)c2)c1C=O. The highest BCUT2D eigenvalue weighted by Crippen LogP contribution is 2.32. The van der Waals surface area contributed by atoms with Crippen LogP contribution < -0.4 is 8.92 Å². The molecule has 10 heteroatoms. The Bertz CT molecular complexity index is 1010. The quantitative estimate of drug-likeness (QED) is 0.419. The lowest BCUT2D eigenvalue weighted by molar-refractivity contribution is -0.0500. The zero-order valence-electron chi connectivity index (χ0n) is 13.8.